The maximum atomic E-state index is 10.8. The molecule has 7 heteroatoms. The molecule has 0 amide bonds. The Hall–Kier alpha value is -3.74. The number of carbonyl (C=O) groups excluding carboxylic acids is 2. The van der Waals surface area contributed by atoms with Crippen LogP contribution in [0.2, 0.25) is 0 Å². The smallest absolute Gasteiger partial charge is 0.346 e. The number of fused-ring (bicyclic) bond motifs is 1. The lowest BCUT2D eigenvalue weighted by molar-refractivity contribution is 0.0442. The van der Waals surface area contributed by atoms with Gasteiger partial charge >= 0.3 is 23.9 Å². The molecular formula is C20H20O7. The largest absolute Gasteiger partial charge is 0.478 e. The summed E-state index contributed by atoms with van der Waals surface area (Å²) < 4.78 is 4.35. The highest BCUT2D eigenvalue weighted by molar-refractivity contribution is 6.14. The second-order valence-electron chi connectivity index (χ2n) is 4.38. The molecule has 0 fully saturated rings. The van der Waals surface area contributed by atoms with Gasteiger partial charge in [-0.05, 0) is 24.3 Å². The third-order valence-electron chi connectivity index (χ3n) is 2.94. The summed E-state index contributed by atoms with van der Waals surface area (Å²) in [5, 5.41) is 17.1. The first-order valence-corrected chi connectivity index (χ1v) is 7.83. The van der Waals surface area contributed by atoms with Gasteiger partial charge in [0.25, 0.3) is 0 Å². The molecule has 0 radical (unpaired) electrons. The van der Waals surface area contributed by atoms with E-state index in [0.29, 0.717) is 11.1 Å². The topological polar surface area (TPSA) is 118 Å². The first kappa shape index (κ1) is 23.3. The normalized spacial score (nSPS) is 10.4. The maximum Gasteiger partial charge on any atom is 0.346 e. The molecule has 0 aromatic heterocycles. The van der Waals surface area contributed by atoms with Crippen LogP contribution in [-0.2, 0) is 4.74 Å². The number of hydrogen-bond donors (Lipinski definition) is 2. The van der Waals surface area contributed by atoms with Crippen molar-refractivity contribution in [1.82, 2.24) is 0 Å². The highest BCUT2D eigenvalue weighted by Crippen LogP contribution is 2.18. The van der Waals surface area contributed by atoms with Gasteiger partial charge in [-0.1, -0.05) is 38.1 Å². The minimum absolute atomic E-state index is 0.190. The molecule has 2 aromatic rings. The zero-order chi connectivity index (χ0) is 21.0. The highest BCUT2D eigenvalue weighted by atomic mass is 16.6. The van der Waals surface area contributed by atoms with Crippen molar-refractivity contribution in [2.24, 2.45) is 0 Å². The summed E-state index contributed by atoms with van der Waals surface area (Å²) in [6, 6.07) is 12.0. The van der Waals surface area contributed by atoms with Gasteiger partial charge in [0.05, 0.1) is 22.3 Å². The van der Waals surface area contributed by atoms with E-state index in [1.807, 2.05) is 13.8 Å². The summed E-state index contributed by atoms with van der Waals surface area (Å²) in [4.78, 5) is 42.6. The number of rotatable bonds is 2. The van der Waals surface area contributed by atoms with E-state index in [0.717, 1.165) is 0 Å². The number of esters is 2. The zero-order valence-corrected chi connectivity index (χ0v) is 15.0. The van der Waals surface area contributed by atoms with Crippen LogP contribution >= 0.6 is 0 Å². The van der Waals surface area contributed by atoms with Gasteiger partial charge in [-0.15, -0.1) is 13.2 Å². The molecule has 0 saturated carbocycles. The van der Waals surface area contributed by atoms with E-state index < -0.39 is 23.9 Å². The lowest BCUT2D eigenvalue weighted by atomic mass is 10.1. The monoisotopic (exact) mass is 372 g/mol. The molecule has 0 atom stereocenters. The van der Waals surface area contributed by atoms with Gasteiger partial charge in [-0.3, -0.25) is 0 Å². The van der Waals surface area contributed by atoms with E-state index >= 15 is 0 Å². The summed E-state index contributed by atoms with van der Waals surface area (Å²) in [6.45, 7) is 10.0. The standard InChI is InChI=1S/C8H6O4.C8H4O3.C2H6.C2H4/c9-7(10)5-3-1-2-4-6(5)8(11)12;9-7-5-3-1-2-4-6(5)8(10)11-7;2*1-2/h1-4H,(H,9,10)(H,11,12);1-4H;1-2H3;1-2H2. The number of benzene rings is 2. The maximum absolute atomic E-state index is 10.8. The van der Waals surface area contributed by atoms with Crippen molar-refractivity contribution >= 4 is 23.9 Å². The van der Waals surface area contributed by atoms with Crippen molar-refractivity contribution in [2.75, 3.05) is 0 Å². The number of carboxylic acid groups (broad SMARTS) is 2. The molecule has 2 N–H and O–H groups in total. The molecule has 0 spiro atoms. The molecule has 0 saturated heterocycles. The lowest BCUT2D eigenvalue weighted by Crippen LogP contribution is -2.06. The van der Waals surface area contributed by atoms with Crippen LogP contribution in [0, 0.1) is 0 Å². The van der Waals surface area contributed by atoms with E-state index in [9.17, 15) is 19.2 Å². The van der Waals surface area contributed by atoms with Gasteiger partial charge in [-0.2, -0.15) is 0 Å². The molecule has 1 aliphatic rings. The predicted molar refractivity (Wildman–Crippen MR) is 99.2 cm³/mol. The predicted octanol–water partition coefficient (Wildman–Crippen LogP) is 3.91. The fourth-order valence-corrected chi connectivity index (χ4v) is 1.89. The average molecular weight is 372 g/mol. The molecule has 0 bridgehead atoms. The van der Waals surface area contributed by atoms with Crippen LogP contribution in [0.15, 0.2) is 61.7 Å². The Bertz CT molecular complexity index is 759. The number of carbonyl (C=O) groups is 4. The van der Waals surface area contributed by atoms with Crippen LogP contribution in [0.25, 0.3) is 0 Å². The second kappa shape index (κ2) is 11.8. The minimum atomic E-state index is -1.23. The number of carboxylic acids is 2. The van der Waals surface area contributed by atoms with Crippen molar-refractivity contribution < 1.29 is 34.1 Å². The van der Waals surface area contributed by atoms with Gasteiger partial charge in [0.15, 0.2) is 0 Å². The van der Waals surface area contributed by atoms with Gasteiger partial charge in [0.1, 0.15) is 0 Å². The van der Waals surface area contributed by atoms with Gasteiger partial charge in [0.2, 0.25) is 0 Å². The van der Waals surface area contributed by atoms with E-state index in [-0.39, 0.29) is 11.1 Å². The molecule has 1 aliphatic heterocycles. The van der Waals surface area contributed by atoms with Crippen LogP contribution in [0.5, 0.6) is 0 Å². The summed E-state index contributed by atoms with van der Waals surface area (Å²) in [7, 11) is 0. The molecule has 7 nitrogen and oxygen atoms in total. The minimum Gasteiger partial charge on any atom is -0.478 e. The number of cyclic esters (lactones) is 2. The van der Waals surface area contributed by atoms with Gasteiger partial charge < -0.3 is 14.9 Å². The molecule has 0 unspecified atom stereocenters. The molecule has 142 valence electrons. The Morgan fingerprint density at radius 3 is 1.33 bits per heavy atom. The van der Waals surface area contributed by atoms with Crippen molar-refractivity contribution in [3.8, 4) is 0 Å². The average Bonchev–Trinajstić information content (AvgIpc) is 3.00. The summed E-state index contributed by atoms with van der Waals surface area (Å²) in [5.74, 6) is -3.56. The fourth-order valence-electron chi connectivity index (χ4n) is 1.89. The quantitative estimate of drug-likeness (QED) is 0.466. The molecule has 3 rings (SSSR count). The van der Waals surface area contributed by atoms with Crippen LogP contribution in [0.4, 0.5) is 0 Å². The summed E-state index contributed by atoms with van der Waals surface area (Å²) in [6.07, 6.45) is 0. The number of ether oxygens (including phenoxy) is 1. The molecular weight excluding hydrogens is 352 g/mol. The summed E-state index contributed by atoms with van der Waals surface area (Å²) in [5.41, 5.74) is 0.338. The Labute approximate surface area is 156 Å². The second-order valence-corrected chi connectivity index (χ2v) is 4.38. The third-order valence-corrected chi connectivity index (χ3v) is 2.94. The van der Waals surface area contributed by atoms with Gasteiger partial charge in [0, 0.05) is 0 Å². The van der Waals surface area contributed by atoms with Crippen molar-refractivity contribution in [2.45, 2.75) is 13.8 Å². The van der Waals surface area contributed by atoms with Crippen LogP contribution in [0.1, 0.15) is 55.3 Å². The molecule has 0 aliphatic carbocycles. The first-order valence-electron chi connectivity index (χ1n) is 7.83. The molecule has 27 heavy (non-hydrogen) atoms. The summed E-state index contributed by atoms with van der Waals surface area (Å²) >= 11 is 0. The molecule has 1 heterocycles. The third kappa shape index (κ3) is 6.24. The van der Waals surface area contributed by atoms with Crippen molar-refractivity contribution in [3.05, 3.63) is 83.9 Å². The number of hydrogen-bond acceptors (Lipinski definition) is 5. The number of aromatic carboxylic acids is 2. The van der Waals surface area contributed by atoms with Crippen LogP contribution < -0.4 is 0 Å². The van der Waals surface area contributed by atoms with Crippen molar-refractivity contribution in [1.29, 1.82) is 0 Å². The Morgan fingerprint density at radius 1 is 0.741 bits per heavy atom. The molecule has 2 aromatic carbocycles. The van der Waals surface area contributed by atoms with Crippen molar-refractivity contribution in [3.63, 3.8) is 0 Å². The SMILES string of the molecule is C=C.CC.O=C(O)c1ccccc1C(=O)O.O=C1OC(=O)c2ccccc21. The van der Waals surface area contributed by atoms with Crippen LogP contribution in [0.3, 0.4) is 0 Å². The van der Waals surface area contributed by atoms with E-state index in [1.165, 1.54) is 24.3 Å². The van der Waals surface area contributed by atoms with E-state index in [4.69, 9.17) is 10.2 Å². The van der Waals surface area contributed by atoms with E-state index in [1.54, 1.807) is 24.3 Å². The fraction of sp³-hybridized carbons (Fsp3) is 0.100. The van der Waals surface area contributed by atoms with Crippen LogP contribution in [-0.4, -0.2) is 34.1 Å². The first-order chi connectivity index (χ1) is 12.9. The van der Waals surface area contributed by atoms with Gasteiger partial charge in [-0.25, -0.2) is 19.2 Å². The Morgan fingerprint density at radius 2 is 1.04 bits per heavy atom. The Balaban J connectivity index is 0.000000424. The Kier molecular flexibility index (Phi) is 10.1. The lowest BCUT2D eigenvalue weighted by Gasteiger charge is -1.98. The van der Waals surface area contributed by atoms with E-state index in [2.05, 4.69) is 17.9 Å². The zero-order valence-electron chi connectivity index (χ0n) is 15.0. The highest BCUT2D eigenvalue weighted by Gasteiger charge is 2.28.